The fourth-order valence-electron chi connectivity index (χ4n) is 3.59. The van der Waals surface area contributed by atoms with E-state index in [1.807, 2.05) is 32.0 Å². The van der Waals surface area contributed by atoms with Crippen LogP contribution in [0.5, 0.6) is 5.88 Å². The highest BCUT2D eigenvalue weighted by molar-refractivity contribution is 6.31. The molecule has 160 valence electrons. The Bertz CT molecular complexity index is 1240. The Hall–Kier alpha value is -2.83. The Labute approximate surface area is 189 Å². The number of anilines is 1. The van der Waals surface area contributed by atoms with Crippen molar-refractivity contribution < 1.29 is 9.50 Å². The summed E-state index contributed by atoms with van der Waals surface area (Å²) in [7, 11) is 0. The minimum Gasteiger partial charge on any atom is -0.493 e. The lowest BCUT2D eigenvalue weighted by Crippen LogP contribution is -2.34. The van der Waals surface area contributed by atoms with Crippen molar-refractivity contribution in [3.05, 3.63) is 82.0 Å². The molecule has 0 aliphatic carbocycles. The van der Waals surface area contributed by atoms with Gasteiger partial charge in [-0.05, 0) is 61.2 Å². The number of hydrogen-bond acceptors (Lipinski definition) is 4. The molecule has 0 unspecified atom stereocenters. The van der Waals surface area contributed by atoms with Crippen LogP contribution in [0.3, 0.4) is 0 Å². The Balaban J connectivity index is 1.67. The molecule has 4 aromatic rings. The smallest absolute Gasteiger partial charge is 0.225 e. The summed E-state index contributed by atoms with van der Waals surface area (Å²) in [4.78, 5) is 8.57. The van der Waals surface area contributed by atoms with E-state index in [-0.39, 0.29) is 17.0 Å². The first-order valence-electron chi connectivity index (χ1n) is 9.73. The number of benzene rings is 2. The maximum Gasteiger partial charge on any atom is 0.225 e. The van der Waals surface area contributed by atoms with Gasteiger partial charge in [0.1, 0.15) is 17.2 Å². The van der Waals surface area contributed by atoms with Gasteiger partial charge in [-0.25, -0.2) is 14.4 Å². The van der Waals surface area contributed by atoms with Gasteiger partial charge >= 0.3 is 0 Å². The Morgan fingerprint density at radius 2 is 1.77 bits per heavy atom. The van der Waals surface area contributed by atoms with Crippen LogP contribution in [0.2, 0.25) is 10.3 Å². The number of nitrogens with one attached hydrogen (secondary N) is 1. The molecule has 0 aliphatic heterocycles. The summed E-state index contributed by atoms with van der Waals surface area (Å²) < 4.78 is 14.9. The van der Waals surface area contributed by atoms with Crippen LogP contribution in [0.15, 0.2) is 54.7 Å². The number of fused-ring (bicyclic) bond motifs is 1. The molecule has 2 heterocycles. The fourth-order valence-corrected chi connectivity index (χ4v) is 3.96. The van der Waals surface area contributed by atoms with Crippen molar-refractivity contribution in [1.29, 1.82) is 0 Å². The quantitative estimate of drug-likeness (QED) is 0.344. The van der Waals surface area contributed by atoms with E-state index in [1.165, 1.54) is 12.1 Å². The highest BCUT2D eigenvalue weighted by atomic mass is 35.5. The summed E-state index contributed by atoms with van der Waals surface area (Å²) in [5.74, 6) is 0.225. The number of nitrogens with zero attached hydrogens (tertiary/aromatic N) is 3. The first kappa shape index (κ1) is 21.4. The van der Waals surface area contributed by atoms with Gasteiger partial charge < -0.3 is 15.0 Å². The Morgan fingerprint density at radius 3 is 2.48 bits per heavy atom. The first-order chi connectivity index (χ1) is 14.7. The van der Waals surface area contributed by atoms with E-state index >= 15 is 0 Å². The van der Waals surface area contributed by atoms with Crippen molar-refractivity contribution in [3.8, 4) is 5.88 Å². The van der Waals surface area contributed by atoms with Gasteiger partial charge in [0.25, 0.3) is 0 Å². The molecule has 4 rings (SSSR count). The van der Waals surface area contributed by atoms with Crippen LogP contribution in [0.1, 0.15) is 25.0 Å². The summed E-state index contributed by atoms with van der Waals surface area (Å²) in [6, 6.07) is 13.8. The first-order valence-corrected chi connectivity index (χ1v) is 10.5. The number of aromatic hydroxyl groups is 1. The number of aromatic nitrogens is 3. The highest BCUT2D eigenvalue weighted by Gasteiger charge is 2.23. The lowest BCUT2D eigenvalue weighted by atomic mass is 9.95. The molecule has 0 atom stereocenters. The Kier molecular flexibility index (Phi) is 5.77. The van der Waals surface area contributed by atoms with Gasteiger partial charge in [-0.3, -0.25) is 0 Å². The van der Waals surface area contributed by atoms with Gasteiger partial charge in [0.05, 0.1) is 11.9 Å². The molecule has 0 bridgehead atoms. The summed E-state index contributed by atoms with van der Waals surface area (Å²) in [5, 5.41) is 15.4. The van der Waals surface area contributed by atoms with Gasteiger partial charge in [0, 0.05) is 16.8 Å². The summed E-state index contributed by atoms with van der Waals surface area (Å²) in [6.45, 7) is 4.40. The van der Waals surface area contributed by atoms with Crippen LogP contribution in [0, 0.1) is 5.82 Å². The van der Waals surface area contributed by atoms with Gasteiger partial charge in [-0.2, -0.15) is 0 Å². The second-order valence-corrected chi connectivity index (χ2v) is 8.83. The topological polar surface area (TPSA) is 63.0 Å². The fraction of sp³-hybridized carbons (Fsp3) is 0.217. The van der Waals surface area contributed by atoms with E-state index in [0.717, 1.165) is 11.1 Å². The zero-order valence-corrected chi connectivity index (χ0v) is 18.5. The van der Waals surface area contributed by atoms with Crippen molar-refractivity contribution in [2.24, 2.45) is 0 Å². The van der Waals surface area contributed by atoms with Gasteiger partial charge in [-0.1, -0.05) is 41.9 Å². The van der Waals surface area contributed by atoms with E-state index in [2.05, 4.69) is 15.3 Å². The summed E-state index contributed by atoms with van der Waals surface area (Å²) in [5.41, 5.74) is 1.77. The van der Waals surface area contributed by atoms with E-state index in [9.17, 15) is 9.50 Å². The van der Waals surface area contributed by atoms with Crippen LogP contribution in [-0.2, 0) is 13.0 Å². The average Bonchev–Trinajstić information content (AvgIpc) is 3.01. The molecule has 5 nitrogen and oxygen atoms in total. The highest BCUT2D eigenvalue weighted by Crippen LogP contribution is 2.34. The van der Waals surface area contributed by atoms with Gasteiger partial charge in [0.15, 0.2) is 0 Å². The minimum atomic E-state index is -0.428. The van der Waals surface area contributed by atoms with Crippen LogP contribution in [0.4, 0.5) is 10.2 Å². The lowest BCUT2D eigenvalue weighted by Gasteiger charge is -2.27. The number of hydrogen-bond donors (Lipinski definition) is 2. The molecule has 8 heteroatoms. The molecule has 0 aliphatic rings. The molecular weight excluding hydrogens is 438 g/mol. The van der Waals surface area contributed by atoms with E-state index in [4.69, 9.17) is 23.2 Å². The van der Waals surface area contributed by atoms with Crippen LogP contribution >= 0.6 is 23.2 Å². The van der Waals surface area contributed by atoms with E-state index in [1.54, 1.807) is 29.0 Å². The van der Waals surface area contributed by atoms with Crippen LogP contribution < -0.4 is 5.32 Å². The maximum atomic E-state index is 13.2. The predicted molar refractivity (Wildman–Crippen MR) is 123 cm³/mol. The lowest BCUT2D eigenvalue weighted by molar-refractivity contribution is 0.429. The molecule has 0 radical (unpaired) electrons. The third-order valence-corrected chi connectivity index (χ3v) is 5.54. The van der Waals surface area contributed by atoms with Crippen molar-refractivity contribution in [2.45, 2.75) is 32.4 Å². The molecule has 0 saturated carbocycles. The maximum absolute atomic E-state index is 13.2. The van der Waals surface area contributed by atoms with Crippen molar-refractivity contribution in [2.75, 3.05) is 5.32 Å². The molecule has 0 amide bonds. The largest absolute Gasteiger partial charge is 0.493 e. The van der Waals surface area contributed by atoms with Gasteiger partial charge in [-0.15, -0.1) is 0 Å². The summed E-state index contributed by atoms with van der Waals surface area (Å²) >= 11 is 12.4. The predicted octanol–water partition coefficient (Wildman–Crippen LogP) is 6.06. The van der Waals surface area contributed by atoms with E-state index in [0.29, 0.717) is 34.7 Å². The molecule has 2 N–H and O–H groups in total. The summed E-state index contributed by atoms with van der Waals surface area (Å²) in [6.07, 6.45) is 2.41. The molecular formula is C23H21Cl2FN4O. The molecule has 0 fully saturated rings. The molecule has 31 heavy (non-hydrogen) atoms. The van der Waals surface area contributed by atoms with Gasteiger partial charge in [0.2, 0.25) is 11.2 Å². The third kappa shape index (κ3) is 4.75. The van der Waals surface area contributed by atoms with E-state index < -0.39 is 5.54 Å². The second kappa shape index (κ2) is 8.36. The Morgan fingerprint density at radius 1 is 1.06 bits per heavy atom. The standard InChI is InChI=1S/C23H21Cl2FN4O/c1-23(2,11-14-7-9-16(26)10-8-14)29-20-17-13-30(12-15-5-3-4-6-18(15)24)21(31)19(17)27-22(25)28-20/h3-10,13,31H,11-12H2,1-2H3,(H,27,28,29). The molecule has 0 spiro atoms. The number of halogens is 3. The van der Waals surface area contributed by atoms with Crippen LogP contribution in [-0.4, -0.2) is 25.2 Å². The molecule has 0 saturated heterocycles. The van der Waals surface area contributed by atoms with Crippen molar-refractivity contribution in [1.82, 2.24) is 14.5 Å². The average molecular weight is 459 g/mol. The monoisotopic (exact) mass is 458 g/mol. The van der Waals surface area contributed by atoms with Crippen molar-refractivity contribution in [3.63, 3.8) is 0 Å². The molecule has 2 aromatic carbocycles. The third-order valence-electron chi connectivity index (χ3n) is 5.00. The van der Waals surface area contributed by atoms with Crippen LogP contribution in [0.25, 0.3) is 10.9 Å². The zero-order chi connectivity index (χ0) is 22.2. The minimum absolute atomic E-state index is 0.0152. The van der Waals surface area contributed by atoms with Crippen molar-refractivity contribution >= 4 is 39.9 Å². The normalized spacial score (nSPS) is 11.8. The molecule has 2 aromatic heterocycles. The SMILES string of the molecule is CC(C)(Cc1ccc(F)cc1)Nc1nc(Cl)nc2c(O)n(Cc3ccccc3Cl)cc12. The zero-order valence-electron chi connectivity index (χ0n) is 17.0. The second-order valence-electron chi connectivity index (χ2n) is 8.09. The number of rotatable bonds is 6.